The summed E-state index contributed by atoms with van der Waals surface area (Å²) in [5, 5.41) is 6.22. The van der Waals surface area contributed by atoms with Crippen LogP contribution in [0.5, 0.6) is 5.75 Å². The van der Waals surface area contributed by atoms with E-state index in [0.717, 1.165) is 17.7 Å². The first-order valence-corrected chi connectivity index (χ1v) is 10.2. The molecular weight excluding hydrogens is 354 g/mol. The van der Waals surface area contributed by atoms with E-state index in [1.807, 2.05) is 49.1 Å². The zero-order chi connectivity index (χ0) is 19.9. The Hall–Kier alpha value is -2.34. The highest BCUT2D eigenvalue weighted by molar-refractivity contribution is 5.79. The summed E-state index contributed by atoms with van der Waals surface area (Å²) < 4.78 is 5.93. The van der Waals surface area contributed by atoms with Crippen molar-refractivity contribution in [2.45, 2.75) is 39.3 Å². The monoisotopic (exact) mass is 385 g/mol. The predicted molar refractivity (Wildman–Crippen MR) is 109 cm³/mol. The first-order valence-electron chi connectivity index (χ1n) is 10.2. The highest BCUT2D eigenvalue weighted by Gasteiger charge is 2.31. The van der Waals surface area contributed by atoms with E-state index >= 15 is 0 Å². The van der Waals surface area contributed by atoms with Crippen LogP contribution in [-0.4, -0.2) is 49.0 Å². The fourth-order valence-corrected chi connectivity index (χ4v) is 3.92. The van der Waals surface area contributed by atoms with Gasteiger partial charge in [0.1, 0.15) is 12.4 Å². The van der Waals surface area contributed by atoms with E-state index in [-0.39, 0.29) is 29.7 Å². The average molecular weight is 386 g/mol. The lowest BCUT2D eigenvalue weighted by atomic mass is 9.82. The molecule has 152 valence electrons. The largest absolute Gasteiger partial charge is 0.489 e. The second-order valence-corrected chi connectivity index (χ2v) is 7.93. The number of nitrogens with one attached hydrogen (secondary N) is 2. The molecule has 2 aliphatic rings. The quantitative estimate of drug-likeness (QED) is 0.782. The zero-order valence-electron chi connectivity index (χ0n) is 16.8. The standard InChI is InChI=1S/C22H31N3O3/c1-16(2)24-21(26)12-17-9-10-25-15-19(17)7-5-11-28-20-8-4-3-6-18(20)13-23-14-22(25)27/h3-8,16-17,19,23H,9-15H2,1-2H3,(H,24,26)/t17-,19-/m0/s1. The van der Waals surface area contributed by atoms with Crippen molar-refractivity contribution < 1.29 is 14.3 Å². The van der Waals surface area contributed by atoms with E-state index in [4.69, 9.17) is 4.74 Å². The van der Waals surface area contributed by atoms with Gasteiger partial charge < -0.3 is 20.3 Å². The van der Waals surface area contributed by atoms with Crippen LogP contribution in [0.15, 0.2) is 36.4 Å². The van der Waals surface area contributed by atoms with Crippen LogP contribution in [0.1, 0.15) is 32.3 Å². The minimum absolute atomic E-state index is 0.0861. The molecule has 6 heteroatoms. The molecule has 1 fully saturated rings. The Labute approximate surface area is 167 Å². The van der Waals surface area contributed by atoms with Crippen LogP contribution in [0, 0.1) is 11.8 Å². The van der Waals surface area contributed by atoms with Gasteiger partial charge in [-0.15, -0.1) is 0 Å². The molecule has 1 saturated heterocycles. The lowest BCUT2D eigenvalue weighted by molar-refractivity contribution is -0.132. The van der Waals surface area contributed by atoms with Crippen LogP contribution < -0.4 is 15.4 Å². The van der Waals surface area contributed by atoms with E-state index in [1.54, 1.807) is 0 Å². The van der Waals surface area contributed by atoms with Crippen molar-refractivity contribution in [2.24, 2.45) is 11.8 Å². The maximum atomic E-state index is 12.6. The molecule has 0 aliphatic carbocycles. The van der Waals surface area contributed by atoms with Crippen molar-refractivity contribution in [3.05, 3.63) is 42.0 Å². The molecule has 0 radical (unpaired) electrons. The third kappa shape index (κ3) is 5.58. The SMILES string of the molecule is CC(C)NC(=O)C[C@@H]1CCN2C[C@@H]1C=CCOc1ccccc1CNCC2=O. The van der Waals surface area contributed by atoms with Crippen LogP contribution in [0.25, 0.3) is 0 Å². The van der Waals surface area contributed by atoms with E-state index < -0.39 is 0 Å². The Bertz CT molecular complexity index is 717. The molecule has 3 rings (SSSR count). The molecule has 0 saturated carbocycles. The number of carbonyl (C=O) groups is 2. The first kappa shape index (κ1) is 20.4. The van der Waals surface area contributed by atoms with Gasteiger partial charge in [0, 0.05) is 37.7 Å². The fourth-order valence-electron chi connectivity index (χ4n) is 3.92. The Morgan fingerprint density at radius 2 is 2.14 bits per heavy atom. The summed E-state index contributed by atoms with van der Waals surface area (Å²) in [6.07, 6.45) is 5.49. The number of para-hydroxylation sites is 1. The second-order valence-electron chi connectivity index (χ2n) is 7.93. The van der Waals surface area contributed by atoms with Gasteiger partial charge >= 0.3 is 0 Å². The molecule has 1 aromatic rings. The number of ether oxygens (including phenoxy) is 1. The summed E-state index contributed by atoms with van der Waals surface area (Å²) in [5.41, 5.74) is 1.05. The van der Waals surface area contributed by atoms with Crippen molar-refractivity contribution in [1.29, 1.82) is 0 Å². The molecule has 2 atom stereocenters. The molecule has 1 aromatic carbocycles. The number of amides is 2. The maximum Gasteiger partial charge on any atom is 0.236 e. The van der Waals surface area contributed by atoms with E-state index in [9.17, 15) is 9.59 Å². The normalized spacial score (nSPS) is 23.1. The van der Waals surface area contributed by atoms with Gasteiger partial charge in [-0.05, 0) is 38.2 Å². The Morgan fingerprint density at radius 1 is 1.32 bits per heavy atom. The fraction of sp³-hybridized carbons (Fsp3) is 0.545. The molecule has 6 nitrogen and oxygen atoms in total. The highest BCUT2D eigenvalue weighted by atomic mass is 16.5. The number of nitrogens with zero attached hydrogens (tertiary/aromatic N) is 1. The van der Waals surface area contributed by atoms with Crippen molar-refractivity contribution in [3.8, 4) is 5.75 Å². The summed E-state index contributed by atoms with van der Waals surface area (Å²) in [6.45, 7) is 6.69. The van der Waals surface area contributed by atoms with Crippen molar-refractivity contribution in [2.75, 3.05) is 26.2 Å². The van der Waals surface area contributed by atoms with Crippen LogP contribution in [0.3, 0.4) is 0 Å². The molecule has 0 spiro atoms. The Kier molecular flexibility index (Phi) is 7.09. The van der Waals surface area contributed by atoms with Gasteiger partial charge in [0.15, 0.2) is 0 Å². The van der Waals surface area contributed by atoms with Crippen molar-refractivity contribution >= 4 is 11.8 Å². The number of hydrogen-bond acceptors (Lipinski definition) is 4. The smallest absolute Gasteiger partial charge is 0.236 e. The molecule has 2 amide bonds. The molecule has 0 aromatic heterocycles. The minimum Gasteiger partial charge on any atom is -0.489 e. The van der Waals surface area contributed by atoms with Crippen LogP contribution in [0.2, 0.25) is 0 Å². The van der Waals surface area contributed by atoms with Crippen molar-refractivity contribution in [3.63, 3.8) is 0 Å². The second kappa shape index (κ2) is 9.73. The number of carbonyl (C=O) groups excluding carboxylic acids is 2. The minimum atomic E-state index is 0.0861. The number of hydrogen-bond donors (Lipinski definition) is 2. The molecule has 0 unspecified atom stereocenters. The third-order valence-corrected chi connectivity index (χ3v) is 5.34. The lowest BCUT2D eigenvalue weighted by Gasteiger charge is -2.37. The summed E-state index contributed by atoms with van der Waals surface area (Å²) >= 11 is 0. The number of benzene rings is 1. The highest BCUT2D eigenvalue weighted by Crippen LogP contribution is 2.28. The van der Waals surface area contributed by atoms with E-state index in [0.29, 0.717) is 39.2 Å². The average Bonchev–Trinajstić information content (AvgIpc) is 2.66. The van der Waals surface area contributed by atoms with Gasteiger partial charge in [-0.3, -0.25) is 9.59 Å². The summed E-state index contributed by atoms with van der Waals surface area (Å²) in [4.78, 5) is 26.8. The summed E-state index contributed by atoms with van der Waals surface area (Å²) in [5.74, 6) is 1.44. The summed E-state index contributed by atoms with van der Waals surface area (Å²) in [7, 11) is 0. The van der Waals surface area contributed by atoms with Gasteiger partial charge in [0.2, 0.25) is 11.8 Å². The predicted octanol–water partition coefficient (Wildman–Crippen LogP) is 2.10. The van der Waals surface area contributed by atoms with Gasteiger partial charge in [0.25, 0.3) is 0 Å². The van der Waals surface area contributed by atoms with Crippen LogP contribution >= 0.6 is 0 Å². The number of rotatable bonds is 3. The molecule has 2 N–H and O–H groups in total. The van der Waals surface area contributed by atoms with Crippen LogP contribution in [-0.2, 0) is 16.1 Å². The molecule has 2 aliphatic heterocycles. The van der Waals surface area contributed by atoms with E-state index in [1.165, 1.54) is 0 Å². The molecule has 2 heterocycles. The summed E-state index contributed by atoms with van der Waals surface area (Å²) in [6, 6.07) is 8.03. The number of piperidine rings is 1. The Morgan fingerprint density at radius 3 is 2.96 bits per heavy atom. The first-order chi connectivity index (χ1) is 13.5. The van der Waals surface area contributed by atoms with Gasteiger partial charge in [0.05, 0.1) is 6.54 Å². The van der Waals surface area contributed by atoms with Crippen LogP contribution in [0.4, 0.5) is 0 Å². The number of fused-ring (bicyclic) bond motifs is 3. The van der Waals surface area contributed by atoms with Gasteiger partial charge in [-0.25, -0.2) is 0 Å². The molecule has 28 heavy (non-hydrogen) atoms. The van der Waals surface area contributed by atoms with Crippen molar-refractivity contribution in [1.82, 2.24) is 15.5 Å². The van der Waals surface area contributed by atoms with E-state index in [2.05, 4.69) is 16.7 Å². The lowest BCUT2D eigenvalue weighted by Crippen LogP contribution is -2.47. The Balaban J connectivity index is 1.72. The third-order valence-electron chi connectivity index (χ3n) is 5.34. The maximum absolute atomic E-state index is 12.6. The molecular formula is C22H31N3O3. The van der Waals surface area contributed by atoms with Gasteiger partial charge in [-0.1, -0.05) is 30.4 Å². The molecule has 2 bridgehead atoms. The zero-order valence-corrected chi connectivity index (χ0v) is 16.8. The topological polar surface area (TPSA) is 70.7 Å². The van der Waals surface area contributed by atoms with Gasteiger partial charge in [-0.2, -0.15) is 0 Å².